The van der Waals surface area contributed by atoms with Crippen molar-refractivity contribution in [2.75, 3.05) is 26.3 Å². The number of rotatable bonds is 6. The average molecular weight is 347 g/mol. The maximum Gasteiger partial charge on any atom is 0.222 e. The lowest BCUT2D eigenvalue weighted by Gasteiger charge is -2.46. The lowest BCUT2D eigenvalue weighted by atomic mass is 9.82. The summed E-state index contributed by atoms with van der Waals surface area (Å²) in [5.41, 5.74) is 0.745. The third-order valence-electron chi connectivity index (χ3n) is 5.37. The number of likely N-dealkylation sites (tertiary alicyclic amines) is 1. The summed E-state index contributed by atoms with van der Waals surface area (Å²) in [6.45, 7) is 3.28. The number of nitrogens with zero attached hydrogens (tertiary/aromatic N) is 1. The molecule has 1 spiro atoms. The lowest BCUT2D eigenvalue weighted by Crippen LogP contribution is -2.56. The number of aliphatic hydroxyl groups is 1. The molecule has 2 saturated heterocycles. The Labute approximate surface area is 149 Å². The second kappa shape index (κ2) is 8.79. The van der Waals surface area contributed by atoms with Crippen molar-refractivity contribution in [1.82, 2.24) is 4.90 Å². The van der Waals surface area contributed by atoms with Crippen LogP contribution in [0.3, 0.4) is 0 Å². The van der Waals surface area contributed by atoms with Crippen LogP contribution < -0.4 is 0 Å². The van der Waals surface area contributed by atoms with Crippen molar-refractivity contribution >= 4 is 5.91 Å². The molecule has 1 unspecified atom stereocenters. The van der Waals surface area contributed by atoms with E-state index >= 15 is 0 Å². The fourth-order valence-electron chi connectivity index (χ4n) is 3.77. The van der Waals surface area contributed by atoms with Crippen molar-refractivity contribution in [1.29, 1.82) is 0 Å². The van der Waals surface area contributed by atoms with Gasteiger partial charge in [-0.3, -0.25) is 4.79 Å². The van der Waals surface area contributed by atoms with E-state index in [1.165, 1.54) is 0 Å². The van der Waals surface area contributed by atoms with E-state index in [-0.39, 0.29) is 12.0 Å². The first-order valence-electron chi connectivity index (χ1n) is 9.41. The van der Waals surface area contributed by atoms with Crippen LogP contribution >= 0.6 is 0 Å². The van der Waals surface area contributed by atoms with Crippen LogP contribution in [-0.4, -0.2) is 53.9 Å². The van der Waals surface area contributed by atoms with Gasteiger partial charge in [0, 0.05) is 32.7 Å². The Hall–Kier alpha value is -1.43. The lowest BCUT2D eigenvalue weighted by molar-refractivity contribution is -0.179. The predicted octanol–water partition coefficient (Wildman–Crippen LogP) is 2.52. The summed E-state index contributed by atoms with van der Waals surface area (Å²) in [5, 5.41) is 10.3. The standard InChI is InChI=1S/C20H29NO4/c22-18-8-4-15-25-20(18)10-12-21(13-11-20)19(23)9-5-14-24-16-17-6-2-1-3-7-17/h1-3,6-7,18,22H,4-5,8-16H2. The van der Waals surface area contributed by atoms with Crippen LogP contribution in [0.25, 0.3) is 0 Å². The number of benzene rings is 1. The molecule has 0 bridgehead atoms. The Morgan fingerprint density at radius 1 is 1.28 bits per heavy atom. The molecule has 138 valence electrons. The summed E-state index contributed by atoms with van der Waals surface area (Å²) in [4.78, 5) is 14.3. The summed E-state index contributed by atoms with van der Waals surface area (Å²) < 4.78 is 11.5. The third kappa shape index (κ3) is 4.81. The molecule has 0 aliphatic carbocycles. The molecule has 0 radical (unpaired) electrons. The van der Waals surface area contributed by atoms with E-state index in [2.05, 4.69) is 0 Å². The summed E-state index contributed by atoms with van der Waals surface area (Å²) in [7, 11) is 0. The highest BCUT2D eigenvalue weighted by Gasteiger charge is 2.44. The molecule has 2 aliphatic heterocycles. The summed E-state index contributed by atoms with van der Waals surface area (Å²) >= 11 is 0. The van der Waals surface area contributed by atoms with Gasteiger partial charge in [0.15, 0.2) is 0 Å². The van der Waals surface area contributed by atoms with Gasteiger partial charge < -0.3 is 19.5 Å². The minimum atomic E-state index is -0.409. The molecule has 0 saturated carbocycles. The number of hydrogen-bond acceptors (Lipinski definition) is 4. The fourth-order valence-corrected chi connectivity index (χ4v) is 3.77. The molecule has 2 heterocycles. The highest BCUT2D eigenvalue weighted by molar-refractivity contribution is 5.76. The topological polar surface area (TPSA) is 59.0 Å². The Kier molecular flexibility index (Phi) is 6.45. The van der Waals surface area contributed by atoms with Gasteiger partial charge in [-0.05, 0) is 37.7 Å². The van der Waals surface area contributed by atoms with Gasteiger partial charge in [-0.2, -0.15) is 0 Å². The molecule has 1 amide bonds. The largest absolute Gasteiger partial charge is 0.390 e. The number of ether oxygens (including phenoxy) is 2. The molecule has 25 heavy (non-hydrogen) atoms. The third-order valence-corrected chi connectivity index (χ3v) is 5.37. The van der Waals surface area contributed by atoms with Crippen molar-refractivity contribution in [2.45, 2.75) is 56.8 Å². The SMILES string of the molecule is O=C(CCCOCc1ccccc1)N1CCC2(CC1)OCCCC2O. The molecule has 1 atom stereocenters. The normalized spacial score (nSPS) is 22.9. The van der Waals surface area contributed by atoms with Crippen molar-refractivity contribution in [3.8, 4) is 0 Å². The first-order chi connectivity index (χ1) is 12.2. The Balaban J connectivity index is 1.33. The zero-order chi connectivity index (χ0) is 17.5. The molecular formula is C20H29NO4. The van der Waals surface area contributed by atoms with Gasteiger partial charge in [0.1, 0.15) is 0 Å². The van der Waals surface area contributed by atoms with Gasteiger partial charge in [-0.1, -0.05) is 30.3 Å². The molecule has 5 nitrogen and oxygen atoms in total. The number of piperidine rings is 1. The van der Waals surface area contributed by atoms with Crippen molar-refractivity contribution < 1.29 is 19.4 Å². The van der Waals surface area contributed by atoms with Gasteiger partial charge in [0.2, 0.25) is 5.91 Å². The molecular weight excluding hydrogens is 318 g/mol. The maximum atomic E-state index is 12.4. The van der Waals surface area contributed by atoms with E-state index in [1.807, 2.05) is 35.2 Å². The van der Waals surface area contributed by atoms with Crippen LogP contribution in [-0.2, 0) is 20.9 Å². The molecule has 1 aromatic carbocycles. The van der Waals surface area contributed by atoms with Crippen LogP contribution in [0.2, 0.25) is 0 Å². The number of hydrogen-bond donors (Lipinski definition) is 1. The van der Waals surface area contributed by atoms with Crippen molar-refractivity contribution in [3.63, 3.8) is 0 Å². The van der Waals surface area contributed by atoms with Crippen LogP contribution in [0.15, 0.2) is 30.3 Å². The molecule has 0 aromatic heterocycles. The second-order valence-electron chi connectivity index (χ2n) is 7.09. The number of carbonyl (C=O) groups excluding carboxylic acids is 1. The van der Waals surface area contributed by atoms with Gasteiger partial charge in [0.05, 0.1) is 18.3 Å². The molecule has 1 aromatic rings. The molecule has 5 heteroatoms. The summed E-state index contributed by atoms with van der Waals surface area (Å²) in [5.74, 6) is 0.184. The smallest absolute Gasteiger partial charge is 0.222 e. The average Bonchev–Trinajstić information content (AvgIpc) is 2.65. The number of amides is 1. The van der Waals surface area contributed by atoms with Crippen LogP contribution in [0.1, 0.15) is 44.1 Å². The minimum absolute atomic E-state index is 0.184. The first-order valence-corrected chi connectivity index (χ1v) is 9.41. The number of aliphatic hydroxyl groups excluding tert-OH is 1. The van der Waals surface area contributed by atoms with Gasteiger partial charge in [-0.25, -0.2) is 0 Å². The summed E-state index contributed by atoms with van der Waals surface area (Å²) in [6.07, 6.45) is 4.10. The predicted molar refractivity (Wildman–Crippen MR) is 95.1 cm³/mol. The Morgan fingerprint density at radius 2 is 2.04 bits per heavy atom. The van der Waals surface area contributed by atoms with Crippen molar-refractivity contribution in [3.05, 3.63) is 35.9 Å². The molecule has 2 aliphatic rings. The zero-order valence-electron chi connectivity index (χ0n) is 14.9. The monoisotopic (exact) mass is 347 g/mol. The summed E-state index contributed by atoms with van der Waals surface area (Å²) in [6, 6.07) is 10.1. The van der Waals surface area contributed by atoms with Crippen LogP contribution in [0.4, 0.5) is 0 Å². The van der Waals surface area contributed by atoms with Gasteiger partial charge in [-0.15, -0.1) is 0 Å². The molecule has 1 N–H and O–H groups in total. The van der Waals surface area contributed by atoms with Gasteiger partial charge >= 0.3 is 0 Å². The quantitative estimate of drug-likeness (QED) is 0.804. The molecule has 2 fully saturated rings. The van der Waals surface area contributed by atoms with Crippen LogP contribution in [0.5, 0.6) is 0 Å². The Morgan fingerprint density at radius 3 is 2.76 bits per heavy atom. The van der Waals surface area contributed by atoms with E-state index in [9.17, 15) is 9.90 Å². The zero-order valence-corrected chi connectivity index (χ0v) is 14.9. The van der Waals surface area contributed by atoms with Crippen molar-refractivity contribution in [2.24, 2.45) is 0 Å². The van der Waals surface area contributed by atoms with E-state index in [1.54, 1.807) is 0 Å². The van der Waals surface area contributed by atoms with Gasteiger partial charge in [0.25, 0.3) is 0 Å². The highest BCUT2D eigenvalue weighted by atomic mass is 16.5. The van der Waals surface area contributed by atoms with E-state index < -0.39 is 5.60 Å². The van der Waals surface area contributed by atoms with E-state index in [0.29, 0.717) is 32.7 Å². The minimum Gasteiger partial charge on any atom is -0.390 e. The number of carbonyl (C=O) groups is 1. The first kappa shape index (κ1) is 18.4. The Bertz CT molecular complexity index is 540. The molecule has 3 rings (SSSR count). The fraction of sp³-hybridized carbons (Fsp3) is 0.650. The van der Waals surface area contributed by atoms with E-state index in [0.717, 1.165) is 44.3 Å². The highest BCUT2D eigenvalue weighted by Crippen LogP contribution is 2.35. The van der Waals surface area contributed by atoms with Crippen LogP contribution in [0, 0.1) is 0 Å². The maximum absolute atomic E-state index is 12.4. The van der Waals surface area contributed by atoms with E-state index in [4.69, 9.17) is 9.47 Å². The second-order valence-corrected chi connectivity index (χ2v) is 7.09.